The third-order valence-corrected chi connectivity index (χ3v) is 6.16. The monoisotopic (exact) mass is 410 g/mol. The largest absolute Gasteiger partial charge is 0.330 e. The first kappa shape index (κ1) is 20.4. The molecule has 1 amide bonds. The summed E-state index contributed by atoms with van der Waals surface area (Å²) in [6.07, 6.45) is 4.77. The highest BCUT2D eigenvalue weighted by molar-refractivity contribution is 7.89. The van der Waals surface area contributed by atoms with Gasteiger partial charge in [0.15, 0.2) is 0 Å². The van der Waals surface area contributed by atoms with Crippen LogP contribution in [0.25, 0.3) is 6.08 Å². The molecule has 1 aromatic heterocycles. The van der Waals surface area contributed by atoms with Crippen molar-refractivity contribution in [1.29, 1.82) is 0 Å². The van der Waals surface area contributed by atoms with E-state index in [0.29, 0.717) is 17.4 Å². The summed E-state index contributed by atoms with van der Waals surface area (Å²) in [6.45, 7) is 4.55. The van der Waals surface area contributed by atoms with E-state index < -0.39 is 10.0 Å². The van der Waals surface area contributed by atoms with E-state index in [9.17, 15) is 13.2 Å². The van der Waals surface area contributed by atoms with Crippen LogP contribution in [-0.2, 0) is 21.4 Å². The molecule has 2 rings (SSSR count). The molecule has 0 saturated carbocycles. The van der Waals surface area contributed by atoms with Crippen molar-refractivity contribution in [1.82, 2.24) is 9.62 Å². The van der Waals surface area contributed by atoms with Gasteiger partial charge in [-0.3, -0.25) is 4.79 Å². The first-order chi connectivity index (χ1) is 12.4. The standard InChI is InChI=1S/C18H19ClN2O3S2/c1-3-12-21(13-15-7-10-17(19)25-15)18(22)11-6-14-4-8-16(9-5-14)26(23,24)20-2/h3-11,20H,1,12-13H2,2H3/b11-6+. The second-order valence-corrected chi connectivity index (χ2v) is 9.01. The van der Waals surface area contributed by atoms with E-state index in [4.69, 9.17) is 11.6 Å². The van der Waals surface area contributed by atoms with Gasteiger partial charge in [-0.05, 0) is 43.0 Å². The molecule has 0 atom stereocenters. The smallest absolute Gasteiger partial charge is 0.247 e. The number of halogens is 1. The van der Waals surface area contributed by atoms with E-state index in [-0.39, 0.29) is 10.8 Å². The van der Waals surface area contributed by atoms with Gasteiger partial charge in [0, 0.05) is 17.5 Å². The molecule has 0 radical (unpaired) electrons. The molecule has 0 bridgehead atoms. The number of nitrogens with one attached hydrogen (secondary N) is 1. The van der Waals surface area contributed by atoms with Crippen molar-refractivity contribution < 1.29 is 13.2 Å². The van der Waals surface area contributed by atoms with Crippen LogP contribution in [0.5, 0.6) is 0 Å². The Morgan fingerprint density at radius 3 is 2.50 bits per heavy atom. The second kappa shape index (κ2) is 9.14. The maximum absolute atomic E-state index is 12.4. The molecule has 138 valence electrons. The molecule has 1 N–H and O–H groups in total. The number of hydrogen-bond acceptors (Lipinski definition) is 4. The summed E-state index contributed by atoms with van der Waals surface area (Å²) >= 11 is 7.36. The van der Waals surface area contributed by atoms with Gasteiger partial charge in [0.05, 0.1) is 15.8 Å². The first-order valence-electron chi connectivity index (χ1n) is 7.71. The lowest BCUT2D eigenvalue weighted by Crippen LogP contribution is -2.28. The van der Waals surface area contributed by atoms with Crippen LogP contribution in [0, 0.1) is 0 Å². The summed E-state index contributed by atoms with van der Waals surface area (Å²) in [4.78, 5) is 15.3. The summed E-state index contributed by atoms with van der Waals surface area (Å²) in [5, 5.41) is 0. The van der Waals surface area contributed by atoms with Crippen LogP contribution < -0.4 is 4.72 Å². The van der Waals surface area contributed by atoms with Crippen molar-refractivity contribution in [2.75, 3.05) is 13.6 Å². The van der Waals surface area contributed by atoms with Crippen LogP contribution >= 0.6 is 22.9 Å². The van der Waals surface area contributed by atoms with Crippen molar-refractivity contribution in [2.24, 2.45) is 0 Å². The Bertz CT molecular complexity index is 903. The Morgan fingerprint density at radius 1 is 1.27 bits per heavy atom. The lowest BCUT2D eigenvalue weighted by molar-refractivity contribution is -0.126. The summed E-state index contributed by atoms with van der Waals surface area (Å²) < 4.78 is 26.3. The van der Waals surface area contributed by atoms with E-state index >= 15 is 0 Å². The lowest BCUT2D eigenvalue weighted by atomic mass is 10.2. The molecule has 26 heavy (non-hydrogen) atoms. The minimum Gasteiger partial charge on any atom is -0.330 e. The molecular weight excluding hydrogens is 392 g/mol. The average molecular weight is 411 g/mol. The molecule has 0 aliphatic rings. The maximum atomic E-state index is 12.4. The van der Waals surface area contributed by atoms with E-state index in [2.05, 4.69) is 11.3 Å². The Kier molecular flexibility index (Phi) is 7.16. The zero-order chi connectivity index (χ0) is 19.2. The van der Waals surface area contributed by atoms with E-state index in [0.717, 1.165) is 10.4 Å². The van der Waals surface area contributed by atoms with Crippen molar-refractivity contribution in [3.63, 3.8) is 0 Å². The maximum Gasteiger partial charge on any atom is 0.247 e. The van der Waals surface area contributed by atoms with Crippen LogP contribution in [-0.4, -0.2) is 32.8 Å². The quantitative estimate of drug-likeness (QED) is 0.534. The molecule has 0 aliphatic heterocycles. The Morgan fingerprint density at radius 2 is 1.96 bits per heavy atom. The van der Waals surface area contributed by atoms with Gasteiger partial charge >= 0.3 is 0 Å². The average Bonchev–Trinajstić information content (AvgIpc) is 3.04. The number of thiophene rings is 1. The van der Waals surface area contributed by atoms with Gasteiger partial charge in [-0.2, -0.15) is 0 Å². The predicted molar refractivity (Wildman–Crippen MR) is 107 cm³/mol. The number of carbonyl (C=O) groups is 1. The zero-order valence-electron chi connectivity index (χ0n) is 14.2. The highest BCUT2D eigenvalue weighted by Gasteiger charge is 2.12. The van der Waals surface area contributed by atoms with Crippen molar-refractivity contribution in [2.45, 2.75) is 11.4 Å². The van der Waals surface area contributed by atoms with E-state index in [1.165, 1.54) is 36.6 Å². The van der Waals surface area contributed by atoms with Gasteiger partial charge in [-0.1, -0.05) is 29.8 Å². The summed E-state index contributed by atoms with van der Waals surface area (Å²) in [6, 6.07) is 9.96. The number of sulfonamides is 1. The van der Waals surface area contributed by atoms with Gasteiger partial charge in [0.2, 0.25) is 15.9 Å². The Labute approximate surface area is 162 Å². The molecule has 5 nitrogen and oxygen atoms in total. The summed E-state index contributed by atoms with van der Waals surface area (Å²) in [5.74, 6) is -0.165. The number of rotatable bonds is 8. The van der Waals surface area contributed by atoms with Gasteiger partial charge < -0.3 is 4.90 Å². The number of carbonyl (C=O) groups excluding carboxylic acids is 1. The van der Waals surface area contributed by atoms with E-state index in [1.54, 1.807) is 35.3 Å². The normalized spacial score (nSPS) is 11.6. The van der Waals surface area contributed by atoms with Crippen LogP contribution in [0.3, 0.4) is 0 Å². The van der Waals surface area contributed by atoms with Crippen LogP contribution in [0.15, 0.2) is 60.0 Å². The molecule has 2 aromatic rings. The predicted octanol–water partition coefficient (Wildman–Crippen LogP) is 3.54. The zero-order valence-corrected chi connectivity index (χ0v) is 16.6. The van der Waals surface area contributed by atoms with Gasteiger partial charge in [0.25, 0.3) is 0 Å². The highest BCUT2D eigenvalue weighted by Crippen LogP contribution is 2.23. The Hall–Kier alpha value is -1.93. The third kappa shape index (κ3) is 5.54. The van der Waals surface area contributed by atoms with E-state index in [1.807, 2.05) is 6.07 Å². The van der Waals surface area contributed by atoms with Crippen molar-refractivity contribution in [3.8, 4) is 0 Å². The van der Waals surface area contributed by atoms with Crippen molar-refractivity contribution >= 4 is 44.9 Å². The fraction of sp³-hybridized carbons (Fsp3) is 0.167. The SMILES string of the molecule is C=CCN(Cc1ccc(Cl)s1)C(=O)/C=C/c1ccc(S(=O)(=O)NC)cc1. The number of nitrogens with zero attached hydrogens (tertiary/aromatic N) is 1. The number of benzene rings is 1. The fourth-order valence-electron chi connectivity index (χ4n) is 2.16. The van der Waals surface area contributed by atoms with Crippen LogP contribution in [0.4, 0.5) is 0 Å². The summed E-state index contributed by atoms with van der Waals surface area (Å²) in [7, 11) is -2.11. The molecule has 0 unspecified atom stereocenters. The molecule has 0 aliphatic carbocycles. The second-order valence-electron chi connectivity index (χ2n) is 5.32. The minimum absolute atomic E-state index is 0.165. The van der Waals surface area contributed by atoms with Gasteiger partial charge in [-0.15, -0.1) is 17.9 Å². The molecule has 0 fully saturated rings. The fourth-order valence-corrected chi connectivity index (χ4v) is 4.00. The molecular formula is C18H19ClN2O3S2. The lowest BCUT2D eigenvalue weighted by Gasteiger charge is -2.18. The van der Waals surface area contributed by atoms with Gasteiger partial charge in [0.1, 0.15) is 0 Å². The molecule has 0 saturated heterocycles. The topological polar surface area (TPSA) is 66.5 Å². The number of amides is 1. The molecule has 1 aromatic carbocycles. The molecule has 1 heterocycles. The summed E-state index contributed by atoms with van der Waals surface area (Å²) in [5.41, 5.74) is 0.728. The van der Waals surface area contributed by atoms with Crippen LogP contribution in [0.1, 0.15) is 10.4 Å². The van der Waals surface area contributed by atoms with Crippen LogP contribution in [0.2, 0.25) is 4.34 Å². The molecule has 8 heteroatoms. The third-order valence-electron chi connectivity index (χ3n) is 3.51. The minimum atomic E-state index is -3.47. The Balaban J connectivity index is 2.09. The van der Waals surface area contributed by atoms with Crippen molar-refractivity contribution in [3.05, 3.63) is 69.9 Å². The highest BCUT2D eigenvalue weighted by atomic mass is 35.5. The number of hydrogen-bond donors (Lipinski definition) is 1. The molecule has 0 spiro atoms. The van der Waals surface area contributed by atoms with Gasteiger partial charge in [-0.25, -0.2) is 13.1 Å². The first-order valence-corrected chi connectivity index (χ1v) is 10.4.